The van der Waals surface area contributed by atoms with Gasteiger partial charge in [0.2, 0.25) is 0 Å². The van der Waals surface area contributed by atoms with Crippen LogP contribution < -0.4 is 0 Å². The maximum Gasteiger partial charge on any atom is 0.335 e. The van der Waals surface area contributed by atoms with Gasteiger partial charge in [0.1, 0.15) is 5.82 Å². The first-order valence-corrected chi connectivity index (χ1v) is 6.46. The molecule has 1 aromatic heterocycles. The van der Waals surface area contributed by atoms with Crippen LogP contribution in [0.1, 0.15) is 16.2 Å². The van der Waals surface area contributed by atoms with E-state index in [1.165, 1.54) is 12.1 Å². The molecule has 2 rings (SSSR count). The Hall–Kier alpha value is -2.08. The highest BCUT2D eigenvalue weighted by molar-refractivity contribution is 7.84. The minimum atomic E-state index is -1.27. The highest BCUT2D eigenvalue weighted by atomic mass is 32.2. The van der Waals surface area contributed by atoms with Gasteiger partial charge in [0.15, 0.2) is 0 Å². The van der Waals surface area contributed by atoms with Gasteiger partial charge in [0.25, 0.3) is 0 Å². The van der Waals surface area contributed by atoms with E-state index in [0.29, 0.717) is 10.7 Å². The van der Waals surface area contributed by atoms with Gasteiger partial charge in [-0.15, -0.1) is 0 Å². The van der Waals surface area contributed by atoms with Gasteiger partial charge in [0, 0.05) is 17.3 Å². The average molecular weight is 262 g/mol. The molecule has 6 heteroatoms. The number of nitrogens with zero attached hydrogens (tertiary/aromatic N) is 2. The van der Waals surface area contributed by atoms with Crippen LogP contribution in [-0.2, 0) is 16.6 Å². The minimum Gasteiger partial charge on any atom is -0.478 e. The number of carbonyl (C=O) groups is 1. The number of hydrogen-bond acceptors (Lipinski definition) is 4. The summed E-state index contributed by atoms with van der Waals surface area (Å²) in [5, 5.41) is 8.75. The van der Waals surface area contributed by atoms with Crippen LogP contribution >= 0.6 is 0 Å². The van der Waals surface area contributed by atoms with Crippen LogP contribution in [0.4, 0.5) is 0 Å². The lowest BCUT2D eigenvalue weighted by Gasteiger charge is -2.01. The van der Waals surface area contributed by atoms with Gasteiger partial charge in [-0.1, -0.05) is 0 Å². The van der Waals surface area contributed by atoms with E-state index in [1.807, 2.05) is 0 Å². The van der Waals surface area contributed by atoms with Crippen molar-refractivity contribution in [3.63, 3.8) is 0 Å². The van der Waals surface area contributed by atoms with Gasteiger partial charge in [0.05, 0.1) is 22.1 Å². The van der Waals surface area contributed by atoms with Gasteiger partial charge in [-0.25, -0.2) is 14.8 Å². The Kier molecular flexibility index (Phi) is 3.78. The predicted octanol–water partition coefficient (Wildman–Crippen LogP) is 1.48. The summed E-state index contributed by atoms with van der Waals surface area (Å²) < 4.78 is 12.0. The van der Waals surface area contributed by atoms with E-state index in [1.54, 1.807) is 30.6 Å². The van der Waals surface area contributed by atoms with Crippen molar-refractivity contribution in [1.82, 2.24) is 9.97 Å². The Labute approximate surface area is 106 Å². The summed E-state index contributed by atoms with van der Waals surface area (Å²) in [5.41, 5.74) is 0.173. The van der Waals surface area contributed by atoms with Crippen molar-refractivity contribution in [2.24, 2.45) is 0 Å². The first-order valence-electron chi connectivity index (χ1n) is 5.14. The van der Waals surface area contributed by atoms with Gasteiger partial charge in [-0.3, -0.25) is 4.21 Å². The van der Waals surface area contributed by atoms with E-state index in [4.69, 9.17) is 5.11 Å². The summed E-state index contributed by atoms with van der Waals surface area (Å²) in [4.78, 5) is 19.2. The number of aromatic carboxylic acids is 1. The number of carboxylic acids is 1. The van der Waals surface area contributed by atoms with E-state index in [-0.39, 0.29) is 11.3 Å². The zero-order valence-electron chi connectivity index (χ0n) is 9.31. The molecule has 0 amide bonds. The Morgan fingerprint density at radius 2 is 1.78 bits per heavy atom. The maximum absolute atomic E-state index is 12.0. The second kappa shape index (κ2) is 5.50. The molecule has 0 radical (unpaired) electrons. The Morgan fingerprint density at radius 3 is 2.33 bits per heavy atom. The normalized spacial score (nSPS) is 12.0. The van der Waals surface area contributed by atoms with Crippen LogP contribution in [0.25, 0.3) is 0 Å². The molecule has 1 heterocycles. The molecule has 0 aliphatic rings. The van der Waals surface area contributed by atoms with Crippen LogP contribution in [0.5, 0.6) is 0 Å². The lowest BCUT2D eigenvalue weighted by atomic mass is 10.2. The molecule has 1 unspecified atom stereocenters. The molecular weight excluding hydrogens is 252 g/mol. The maximum atomic E-state index is 12.0. The number of rotatable bonds is 4. The van der Waals surface area contributed by atoms with Crippen molar-refractivity contribution in [1.29, 1.82) is 0 Å². The number of benzene rings is 1. The number of aromatic nitrogens is 2. The van der Waals surface area contributed by atoms with Crippen molar-refractivity contribution in [3.05, 3.63) is 54.1 Å². The fourth-order valence-corrected chi connectivity index (χ4v) is 2.34. The zero-order chi connectivity index (χ0) is 13.0. The molecule has 0 fully saturated rings. The third-order valence-electron chi connectivity index (χ3n) is 2.24. The molecule has 1 N–H and O–H groups in total. The molecule has 0 saturated carbocycles. The molecule has 5 nitrogen and oxygen atoms in total. The standard InChI is InChI=1S/C12H10N2O3S/c15-12(16)9-2-4-10(5-3-9)18(17)8-11-13-6-1-7-14-11/h1-7H,8H2,(H,15,16). The molecule has 1 atom stereocenters. The molecule has 1 aromatic carbocycles. The summed E-state index contributed by atoms with van der Waals surface area (Å²) >= 11 is 0. The Morgan fingerprint density at radius 1 is 1.17 bits per heavy atom. The summed E-state index contributed by atoms with van der Waals surface area (Å²) in [6.07, 6.45) is 3.18. The minimum absolute atomic E-state index is 0.173. The third kappa shape index (κ3) is 2.98. The lowest BCUT2D eigenvalue weighted by Crippen LogP contribution is -2.02. The molecule has 0 aliphatic heterocycles. The van der Waals surface area contributed by atoms with Gasteiger partial charge >= 0.3 is 5.97 Å². The largest absolute Gasteiger partial charge is 0.478 e. The van der Waals surface area contributed by atoms with Gasteiger partial charge in [-0.05, 0) is 30.3 Å². The van der Waals surface area contributed by atoms with E-state index in [9.17, 15) is 9.00 Å². The lowest BCUT2D eigenvalue weighted by molar-refractivity contribution is 0.0697. The van der Waals surface area contributed by atoms with Crippen LogP contribution in [0, 0.1) is 0 Å². The number of carboxylic acid groups (broad SMARTS) is 1. The molecule has 2 aromatic rings. The predicted molar refractivity (Wildman–Crippen MR) is 65.5 cm³/mol. The Balaban J connectivity index is 2.12. The molecule has 0 saturated heterocycles. The van der Waals surface area contributed by atoms with Crippen molar-refractivity contribution in [3.8, 4) is 0 Å². The van der Waals surface area contributed by atoms with Crippen LogP contribution in [0.15, 0.2) is 47.6 Å². The molecule has 0 spiro atoms. The summed E-state index contributed by atoms with van der Waals surface area (Å²) in [5.74, 6) is -0.287. The zero-order valence-corrected chi connectivity index (χ0v) is 10.1. The summed E-state index contributed by atoms with van der Waals surface area (Å²) in [6.45, 7) is 0. The second-order valence-corrected chi connectivity index (χ2v) is 4.94. The van der Waals surface area contributed by atoms with Crippen molar-refractivity contribution >= 4 is 16.8 Å². The van der Waals surface area contributed by atoms with E-state index >= 15 is 0 Å². The number of hydrogen-bond donors (Lipinski definition) is 1. The average Bonchev–Trinajstić information content (AvgIpc) is 2.40. The van der Waals surface area contributed by atoms with Crippen molar-refractivity contribution in [2.75, 3.05) is 0 Å². The monoisotopic (exact) mass is 262 g/mol. The fraction of sp³-hybridized carbons (Fsp3) is 0.0833. The molecule has 0 bridgehead atoms. The second-order valence-electron chi connectivity index (χ2n) is 3.48. The van der Waals surface area contributed by atoms with Crippen molar-refractivity contribution in [2.45, 2.75) is 10.6 Å². The van der Waals surface area contributed by atoms with E-state index in [2.05, 4.69) is 9.97 Å². The molecule has 18 heavy (non-hydrogen) atoms. The van der Waals surface area contributed by atoms with Gasteiger partial charge < -0.3 is 5.11 Å². The van der Waals surface area contributed by atoms with E-state index < -0.39 is 16.8 Å². The molecule has 0 aliphatic carbocycles. The van der Waals surface area contributed by atoms with Crippen LogP contribution in [0.3, 0.4) is 0 Å². The Bertz CT molecular complexity index is 570. The first kappa shape index (κ1) is 12.4. The molecular formula is C12H10N2O3S. The van der Waals surface area contributed by atoms with Crippen LogP contribution in [0.2, 0.25) is 0 Å². The van der Waals surface area contributed by atoms with E-state index in [0.717, 1.165) is 0 Å². The third-order valence-corrected chi connectivity index (χ3v) is 3.56. The first-order chi connectivity index (χ1) is 8.66. The van der Waals surface area contributed by atoms with Crippen molar-refractivity contribution < 1.29 is 14.1 Å². The molecule has 92 valence electrons. The quantitative estimate of drug-likeness (QED) is 0.902. The SMILES string of the molecule is O=C(O)c1ccc(S(=O)Cc2ncccn2)cc1. The summed E-state index contributed by atoms with van der Waals surface area (Å²) in [6, 6.07) is 7.64. The van der Waals surface area contributed by atoms with Crippen LogP contribution in [-0.4, -0.2) is 25.3 Å². The highest BCUT2D eigenvalue weighted by Gasteiger charge is 2.08. The van der Waals surface area contributed by atoms with Gasteiger partial charge in [-0.2, -0.15) is 0 Å². The topological polar surface area (TPSA) is 80.1 Å². The fourth-order valence-electron chi connectivity index (χ4n) is 1.35. The highest BCUT2D eigenvalue weighted by Crippen LogP contribution is 2.11. The smallest absolute Gasteiger partial charge is 0.335 e. The summed E-state index contributed by atoms with van der Waals surface area (Å²) in [7, 11) is -1.27.